The molecule has 0 bridgehead atoms. The summed E-state index contributed by atoms with van der Waals surface area (Å²) in [6, 6.07) is 5.06. The summed E-state index contributed by atoms with van der Waals surface area (Å²) < 4.78 is 14.0. The van der Waals surface area contributed by atoms with Gasteiger partial charge in [0.05, 0.1) is 12.3 Å². The SMILES string of the molecule is CN(CCO)c1ccc(C2=NCCCN2)cc1F. The lowest BCUT2D eigenvalue weighted by Gasteiger charge is -2.20. The number of hydrogen-bond acceptors (Lipinski definition) is 4. The molecule has 1 aromatic carbocycles. The molecule has 1 aliphatic rings. The second-order valence-corrected chi connectivity index (χ2v) is 4.32. The molecule has 2 rings (SSSR count). The van der Waals surface area contributed by atoms with Crippen LogP contribution in [0.25, 0.3) is 0 Å². The lowest BCUT2D eigenvalue weighted by molar-refractivity contribution is 0.304. The molecule has 0 saturated carbocycles. The predicted molar refractivity (Wildman–Crippen MR) is 70.8 cm³/mol. The van der Waals surface area contributed by atoms with E-state index in [0.717, 1.165) is 30.9 Å². The van der Waals surface area contributed by atoms with Crippen LogP contribution in [0.1, 0.15) is 12.0 Å². The molecular formula is C13H18FN3O. The molecule has 0 aliphatic carbocycles. The van der Waals surface area contributed by atoms with Gasteiger partial charge in [0.15, 0.2) is 0 Å². The number of nitrogens with zero attached hydrogens (tertiary/aromatic N) is 2. The van der Waals surface area contributed by atoms with E-state index >= 15 is 0 Å². The molecular weight excluding hydrogens is 233 g/mol. The number of aliphatic hydroxyl groups excluding tert-OH is 1. The van der Waals surface area contributed by atoms with Crippen molar-refractivity contribution in [2.45, 2.75) is 6.42 Å². The Morgan fingerprint density at radius 3 is 2.94 bits per heavy atom. The van der Waals surface area contributed by atoms with E-state index in [9.17, 15) is 4.39 Å². The second-order valence-electron chi connectivity index (χ2n) is 4.32. The topological polar surface area (TPSA) is 47.9 Å². The van der Waals surface area contributed by atoms with Gasteiger partial charge in [-0.1, -0.05) is 0 Å². The largest absolute Gasteiger partial charge is 0.395 e. The highest BCUT2D eigenvalue weighted by Crippen LogP contribution is 2.19. The Morgan fingerprint density at radius 1 is 1.50 bits per heavy atom. The van der Waals surface area contributed by atoms with Crippen molar-refractivity contribution in [3.05, 3.63) is 29.6 Å². The minimum absolute atomic E-state index is 0.00591. The maximum absolute atomic E-state index is 14.0. The molecule has 0 radical (unpaired) electrons. The number of aliphatic hydroxyl groups is 1. The van der Waals surface area contributed by atoms with Crippen molar-refractivity contribution in [1.29, 1.82) is 0 Å². The van der Waals surface area contributed by atoms with Crippen molar-refractivity contribution in [2.75, 3.05) is 38.2 Å². The van der Waals surface area contributed by atoms with Crippen molar-refractivity contribution < 1.29 is 9.50 Å². The molecule has 0 unspecified atom stereocenters. The summed E-state index contributed by atoms with van der Waals surface area (Å²) >= 11 is 0. The summed E-state index contributed by atoms with van der Waals surface area (Å²) in [7, 11) is 1.75. The lowest BCUT2D eigenvalue weighted by atomic mass is 10.1. The molecule has 0 fully saturated rings. The first-order chi connectivity index (χ1) is 8.72. The molecule has 1 heterocycles. The van der Waals surface area contributed by atoms with Gasteiger partial charge in [-0.15, -0.1) is 0 Å². The molecule has 0 aromatic heterocycles. The van der Waals surface area contributed by atoms with Gasteiger partial charge in [0.25, 0.3) is 0 Å². The van der Waals surface area contributed by atoms with Crippen LogP contribution in [0.4, 0.5) is 10.1 Å². The Balaban J connectivity index is 2.21. The van der Waals surface area contributed by atoms with Crippen LogP contribution < -0.4 is 10.2 Å². The fourth-order valence-electron chi connectivity index (χ4n) is 1.96. The van der Waals surface area contributed by atoms with Crippen molar-refractivity contribution in [3.8, 4) is 0 Å². The molecule has 4 nitrogen and oxygen atoms in total. The van der Waals surface area contributed by atoms with E-state index in [1.807, 2.05) is 6.07 Å². The summed E-state index contributed by atoms with van der Waals surface area (Å²) in [5.74, 6) is 0.468. The average Bonchev–Trinajstić information content (AvgIpc) is 2.40. The highest BCUT2D eigenvalue weighted by Gasteiger charge is 2.12. The van der Waals surface area contributed by atoms with Crippen molar-refractivity contribution in [3.63, 3.8) is 0 Å². The van der Waals surface area contributed by atoms with Gasteiger partial charge in [-0.3, -0.25) is 4.99 Å². The fourth-order valence-corrected chi connectivity index (χ4v) is 1.96. The first-order valence-electron chi connectivity index (χ1n) is 6.12. The zero-order valence-electron chi connectivity index (χ0n) is 10.5. The Labute approximate surface area is 106 Å². The summed E-state index contributed by atoms with van der Waals surface area (Å²) in [5.41, 5.74) is 1.26. The summed E-state index contributed by atoms with van der Waals surface area (Å²) in [4.78, 5) is 6.03. The van der Waals surface area contributed by atoms with Gasteiger partial charge < -0.3 is 15.3 Å². The van der Waals surface area contributed by atoms with E-state index in [0.29, 0.717) is 12.2 Å². The Kier molecular flexibility index (Phi) is 4.15. The second kappa shape index (κ2) is 5.82. The summed E-state index contributed by atoms with van der Waals surface area (Å²) in [6.07, 6.45) is 1.02. The fraction of sp³-hybridized carbons (Fsp3) is 0.462. The number of rotatable bonds is 4. The van der Waals surface area contributed by atoms with Gasteiger partial charge in [0.1, 0.15) is 11.7 Å². The van der Waals surface area contributed by atoms with Crippen LogP contribution in [0.5, 0.6) is 0 Å². The van der Waals surface area contributed by atoms with Crippen molar-refractivity contribution in [2.24, 2.45) is 4.99 Å². The third-order valence-electron chi connectivity index (χ3n) is 2.97. The molecule has 1 aliphatic heterocycles. The molecule has 0 spiro atoms. The third kappa shape index (κ3) is 2.79. The van der Waals surface area contributed by atoms with Gasteiger partial charge in [-0.2, -0.15) is 0 Å². The molecule has 1 aromatic rings. The monoisotopic (exact) mass is 251 g/mol. The molecule has 0 atom stereocenters. The van der Waals surface area contributed by atoms with E-state index in [1.54, 1.807) is 18.0 Å². The van der Waals surface area contributed by atoms with Crippen LogP contribution >= 0.6 is 0 Å². The van der Waals surface area contributed by atoms with Crippen LogP contribution in [0.2, 0.25) is 0 Å². The summed E-state index contributed by atoms with van der Waals surface area (Å²) in [6.45, 7) is 2.09. The van der Waals surface area contributed by atoms with Gasteiger partial charge in [0.2, 0.25) is 0 Å². The number of benzene rings is 1. The van der Waals surface area contributed by atoms with E-state index in [-0.39, 0.29) is 12.4 Å². The molecule has 98 valence electrons. The van der Waals surface area contributed by atoms with Gasteiger partial charge in [-0.25, -0.2) is 4.39 Å². The minimum atomic E-state index is -0.293. The molecule has 5 heteroatoms. The smallest absolute Gasteiger partial charge is 0.147 e. The number of amidine groups is 1. The maximum atomic E-state index is 14.0. The number of aliphatic imine (C=N–C) groups is 1. The third-order valence-corrected chi connectivity index (χ3v) is 2.97. The normalized spacial score (nSPS) is 14.9. The quantitative estimate of drug-likeness (QED) is 0.839. The van der Waals surface area contributed by atoms with E-state index < -0.39 is 0 Å². The van der Waals surface area contributed by atoms with Crippen LogP contribution in [0, 0.1) is 5.82 Å². The molecule has 18 heavy (non-hydrogen) atoms. The number of halogens is 1. The summed E-state index contributed by atoms with van der Waals surface area (Å²) in [5, 5.41) is 12.0. The number of hydrogen-bond donors (Lipinski definition) is 2. The van der Waals surface area contributed by atoms with Gasteiger partial charge in [0, 0.05) is 32.2 Å². The first-order valence-corrected chi connectivity index (χ1v) is 6.12. The minimum Gasteiger partial charge on any atom is -0.395 e. The van der Waals surface area contributed by atoms with E-state index in [1.165, 1.54) is 6.07 Å². The van der Waals surface area contributed by atoms with Crippen molar-refractivity contribution >= 4 is 11.5 Å². The Bertz CT molecular complexity index is 448. The first kappa shape index (κ1) is 12.8. The van der Waals surface area contributed by atoms with Crippen LogP contribution in [-0.4, -0.2) is 44.2 Å². The molecule has 0 amide bonds. The molecule has 2 N–H and O–H groups in total. The van der Waals surface area contributed by atoms with Gasteiger partial charge in [-0.05, 0) is 24.6 Å². The van der Waals surface area contributed by atoms with Crippen LogP contribution in [-0.2, 0) is 0 Å². The lowest BCUT2D eigenvalue weighted by Crippen LogP contribution is -2.30. The Morgan fingerprint density at radius 2 is 2.33 bits per heavy atom. The zero-order valence-corrected chi connectivity index (χ0v) is 10.5. The maximum Gasteiger partial charge on any atom is 0.147 e. The number of nitrogens with one attached hydrogen (secondary N) is 1. The van der Waals surface area contributed by atoms with E-state index in [2.05, 4.69) is 10.3 Å². The highest BCUT2D eigenvalue weighted by atomic mass is 19.1. The number of anilines is 1. The molecule has 0 saturated heterocycles. The van der Waals surface area contributed by atoms with E-state index in [4.69, 9.17) is 5.11 Å². The standard InChI is InChI=1S/C13H18FN3O/c1-17(7-8-18)12-4-3-10(9-11(12)14)13-15-5-2-6-16-13/h3-4,9,18H,2,5-8H2,1H3,(H,15,16). The Hall–Kier alpha value is -1.62. The zero-order chi connectivity index (χ0) is 13.0. The van der Waals surface area contributed by atoms with Crippen molar-refractivity contribution in [1.82, 2.24) is 5.32 Å². The number of likely N-dealkylation sites (N-methyl/N-ethyl adjacent to an activating group) is 1. The van der Waals surface area contributed by atoms with Crippen LogP contribution in [0.15, 0.2) is 23.2 Å². The highest BCUT2D eigenvalue weighted by molar-refractivity contribution is 5.99. The van der Waals surface area contributed by atoms with Crippen LogP contribution in [0.3, 0.4) is 0 Å². The van der Waals surface area contributed by atoms with Gasteiger partial charge >= 0.3 is 0 Å². The predicted octanol–water partition coefficient (Wildman–Crippen LogP) is 0.994. The average molecular weight is 251 g/mol.